The summed E-state index contributed by atoms with van der Waals surface area (Å²) in [5.41, 5.74) is 2.78. The van der Waals surface area contributed by atoms with Gasteiger partial charge in [0.2, 0.25) is 5.91 Å². The molecule has 2 aromatic rings. The molecule has 0 saturated heterocycles. The molecule has 8 nitrogen and oxygen atoms in total. The monoisotopic (exact) mass is 411 g/mol. The largest absolute Gasteiger partial charge is 0.497 e. The van der Waals surface area contributed by atoms with Crippen LogP contribution in [0.15, 0.2) is 18.3 Å². The lowest BCUT2D eigenvalue weighted by Crippen LogP contribution is -2.48. The average Bonchev–Trinajstić information content (AvgIpc) is 3.23. The minimum Gasteiger partial charge on any atom is -0.497 e. The van der Waals surface area contributed by atoms with Crippen LogP contribution in [0.2, 0.25) is 0 Å². The molecule has 4 rings (SSSR count). The lowest BCUT2D eigenvalue weighted by atomic mass is 9.92. The summed E-state index contributed by atoms with van der Waals surface area (Å²) < 4.78 is 5.30. The van der Waals surface area contributed by atoms with Crippen LogP contribution < -0.4 is 15.0 Å². The number of fused-ring (bicyclic) bond motifs is 1. The number of nitrogens with one attached hydrogen (secondary N) is 1. The molecule has 0 radical (unpaired) electrons. The average molecular weight is 412 g/mol. The number of nitrogens with zero attached hydrogens (tertiary/aromatic N) is 4. The second kappa shape index (κ2) is 8.95. The second-order valence-electron chi connectivity index (χ2n) is 8.11. The van der Waals surface area contributed by atoms with Gasteiger partial charge in [0.05, 0.1) is 25.8 Å². The first-order chi connectivity index (χ1) is 14.5. The summed E-state index contributed by atoms with van der Waals surface area (Å²) in [6.45, 7) is 0.178. The molecule has 0 unspecified atom stereocenters. The molecule has 0 aliphatic heterocycles. The number of hydrogen-bond acceptors (Lipinski definition) is 7. The Labute approximate surface area is 176 Å². The molecular formula is C22H29N5O3. The minimum atomic E-state index is -0.456. The molecule has 2 aliphatic rings. The molecule has 2 aliphatic carbocycles. The predicted octanol–water partition coefficient (Wildman–Crippen LogP) is 1.89. The molecule has 1 fully saturated rings. The van der Waals surface area contributed by atoms with Gasteiger partial charge in [0.25, 0.3) is 0 Å². The second-order valence-corrected chi connectivity index (χ2v) is 8.11. The summed E-state index contributed by atoms with van der Waals surface area (Å²) in [7, 11) is 3.49. The maximum Gasteiger partial charge on any atom is 0.239 e. The number of aromatic nitrogens is 3. The van der Waals surface area contributed by atoms with E-state index in [-0.39, 0.29) is 18.5 Å². The number of likely N-dealkylation sites (N-methyl/N-ethyl adjacent to an activating group) is 1. The van der Waals surface area contributed by atoms with Crippen molar-refractivity contribution in [1.82, 2.24) is 20.3 Å². The zero-order chi connectivity index (χ0) is 21.1. The minimum absolute atomic E-state index is 0.102. The first kappa shape index (κ1) is 20.5. The number of pyridine rings is 1. The van der Waals surface area contributed by atoms with E-state index < -0.39 is 6.10 Å². The van der Waals surface area contributed by atoms with Gasteiger partial charge >= 0.3 is 0 Å². The fourth-order valence-electron chi connectivity index (χ4n) is 4.33. The molecular weight excluding hydrogens is 382 g/mol. The molecule has 160 valence electrons. The van der Waals surface area contributed by atoms with Gasteiger partial charge in [0.15, 0.2) is 5.82 Å². The van der Waals surface area contributed by atoms with Gasteiger partial charge in [-0.05, 0) is 38.2 Å². The van der Waals surface area contributed by atoms with E-state index in [1.807, 2.05) is 18.0 Å². The van der Waals surface area contributed by atoms with Gasteiger partial charge in [-0.1, -0.05) is 12.8 Å². The molecule has 2 atom stereocenters. The molecule has 1 amide bonds. The lowest BCUT2D eigenvalue weighted by molar-refractivity contribution is -0.121. The number of rotatable bonds is 6. The number of carbonyl (C=O) groups is 1. The van der Waals surface area contributed by atoms with Crippen LogP contribution in [-0.4, -0.2) is 58.8 Å². The molecule has 2 heterocycles. The third-order valence-electron chi connectivity index (χ3n) is 5.93. The summed E-state index contributed by atoms with van der Waals surface area (Å²) in [6, 6.07) is 3.44. The highest BCUT2D eigenvalue weighted by Gasteiger charge is 2.27. The van der Waals surface area contributed by atoms with Crippen LogP contribution in [0, 0.1) is 0 Å². The maximum absolute atomic E-state index is 12.6. The van der Waals surface area contributed by atoms with Crippen LogP contribution in [0.4, 0.5) is 5.82 Å². The highest BCUT2D eigenvalue weighted by molar-refractivity contribution is 5.81. The van der Waals surface area contributed by atoms with Crippen LogP contribution in [0.25, 0.3) is 11.5 Å². The Morgan fingerprint density at radius 2 is 2.10 bits per heavy atom. The van der Waals surface area contributed by atoms with Crippen LogP contribution in [0.1, 0.15) is 43.4 Å². The molecule has 1 saturated carbocycles. The number of anilines is 1. The van der Waals surface area contributed by atoms with Crippen molar-refractivity contribution in [2.24, 2.45) is 0 Å². The van der Waals surface area contributed by atoms with Gasteiger partial charge in [-0.15, -0.1) is 0 Å². The van der Waals surface area contributed by atoms with Gasteiger partial charge in [-0.25, -0.2) is 9.97 Å². The molecule has 2 N–H and O–H groups in total. The summed E-state index contributed by atoms with van der Waals surface area (Å²) in [5.74, 6) is 1.91. The third kappa shape index (κ3) is 4.38. The van der Waals surface area contributed by atoms with Crippen molar-refractivity contribution in [3.05, 3.63) is 29.6 Å². The topological polar surface area (TPSA) is 100 Å². The fourth-order valence-corrected chi connectivity index (χ4v) is 4.33. The summed E-state index contributed by atoms with van der Waals surface area (Å²) >= 11 is 0. The quantitative estimate of drug-likeness (QED) is 0.749. The van der Waals surface area contributed by atoms with Gasteiger partial charge in [0, 0.05) is 30.6 Å². The van der Waals surface area contributed by atoms with E-state index in [0.29, 0.717) is 17.3 Å². The zero-order valence-electron chi connectivity index (χ0n) is 17.6. The van der Waals surface area contributed by atoms with E-state index in [0.717, 1.165) is 62.0 Å². The summed E-state index contributed by atoms with van der Waals surface area (Å²) in [5, 5.41) is 13.1. The van der Waals surface area contributed by atoms with Gasteiger partial charge < -0.3 is 20.1 Å². The first-order valence-corrected chi connectivity index (χ1v) is 10.6. The Morgan fingerprint density at radius 1 is 1.27 bits per heavy atom. The van der Waals surface area contributed by atoms with Crippen molar-refractivity contribution in [2.75, 3.05) is 25.6 Å². The standard InChI is InChI=1S/C22H29N5O3/c1-27(13-20(29)24-17-7-3-4-9-19(17)28)22-15-6-5-8-16(15)25-21(26-22)18-12-14(30-2)10-11-23-18/h10-12,17,19,28H,3-9,13H2,1-2H3,(H,24,29)/t17-,19-/m1/s1. The van der Waals surface area contributed by atoms with Gasteiger partial charge in [0.1, 0.15) is 17.3 Å². The van der Waals surface area contributed by atoms with Crippen molar-refractivity contribution < 1.29 is 14.6 Å². The highest BCUT2D eigenvalue weighted by atomic mass is 16.5. The van der Waals surface area contributed by atoms with Crippen molar-refractivity contribution >= 4 is 11.7 Å². The normalized spacial score (nSPS) is 20.5. The van der Waals surface area contributed by atoms with Crippen molar-refractivity contribution in [3.8, 4) is 17.3 Å². The number of aliphatic hydroxyl groups is 1. The molecule has 30 heavy (non-hydrogen) atoms. The Balaban J connectivity index is 1.55. The highest BCUT2D eigenvalue weighted by Crippen LogP contribution is 2.31. The van der Waals surface area contributed by atoms with Crippen LogP contribution >= 0.6 is 0 Å². The predicted molar refractivity (Wildman–Crippen MR) is 114 cm³/mol. The number of hydrogen-bond donors (Lipinski definition) is 2. The number of ether oxygens (including phenoxy) is 1. The molecule has 0 spiro atoms. The van der Waals surface area contributed by atoms with E-state index in [1.165, 1.54) is 0 Å². The number of amides is 1. The van der Waals surface area contributed by atoms with Gasteiger partial charge in [-0.2, -0.15) is 0 Å². The number of methoxy groups -OCH3 is 1. The number of aryl methyl sites for hydroxylation is 1. The molecule has 0 aromatic carbocycles. The molecule has 8 heteroatoms. The van der Waals surface area contributed by atoms with Crippen molar-refractivity contribution in [1.29, 1.82) is 0 Å². The Hall–Kier alpha value is -2.74. The van der Waals surface area contributed by atoms with Crippen LogP contribution in [0.5, 0.6) is 5.75 Å². The Kier molecular flexibility index (Phi) is 6.13. The molecule has 0 bridgehead atoms. The first-order valence-electron chi connectivity index (χ1n) is 10.6. The SMILES string of the molecule is COc1ccnc(-c2nc3c(c(N(C)CC(=O)N[C@@H]4CCCC[C@H]4O)n2)CCC3)c1. The van der Waals surface area contributed by atoms with Crippen LogP contribution in [-0.2, 0) is 17.6 Å². The maximum atomic E-state index is 12.6. The van der Waals surface area contributed by atoms with E-state index >= 15 is 0 Å². The summed E-state index contributed by atoms with van der Waals surface area (Å²) in [6.07, 6.45) is 7.68. The van der Waals surface area contributed by atoms with E-state index in [2.05, 4.69) is 10.3 Å². The smallest absolute Gasteiger partial charge is 0.239 e. The Morgan fingerprint density at radius 3 is 2.90 bits per heavy atom. The fraction of sp³-hybridized carbons (Fsp3) is 0.545. The van der Waals surface area contributed by atoms with E-state index in [9.17, 15) is 9.90 Å². The third-order valence-corrected chi connectivity index (χ3v) is 5.93. The summed E-state index contributed by atoms with van der Waals surface area (Å²) in [4.78, 5) is 28.4. The Bertz CT molecular complexity index is 920. The zero-order valence-corrected chi connectivity index (χ0v) is 17.6. The van der Waals surface area contributed by atoms with Crippen molar-refractivity contribution in [2.45, 2.75) is 57.1 Å². The number of carbonyl (C=O) groups excluding carboxylic acids is 1. The van der Waals surface area contributed by atoms with Crippen molar-refractivity contribution in [3.63, 3.8) is 0 Å². The van der Waals surface area contributed by atoms with E-state index in [1.54, 1.807) is 19.4 Å². The lowest BCUT2D eigenvalue weighted by Gasteiger charge is -2.29. The number of aliphatic hydroxyl groups excluding tert-OH is 1. The van der Waals surface area contributed by atoms with Crippen LogP contribution in [0.3, 0.4) is 0 Å². The molecule has 2 aromatic heterocycles. The van der Waals surface area contributed by atoms with Gasteiger partial charge in [-0.3, -0.25) is 9.78 Å². The van der Waals surface area contributed by atoms with E-state index in [4.69, 9.17) is 14.7 Å².